The Labute approximate surface area is 90.3 Å². The van der Waals surface area contributed by atoms with Crippen LogP contribution in [0.1, 0.15) is 45.4 Å². The smallest absolute Gasteiger partial charge is 0.243 e. The number of hydrogen-bond donors (Lipinski definition) is 1. The summed E-state index contributed by atoms with van der Waals surface area (Å²) < 4.78 is 0. The van der Waals surface area contributed by atoms with Crippen LogP contribution >= 0.6 is 0 Å². The number of carbonyl (C=O) groups excluding carboxylic acids is 1. The van der Waals surface area contributed by atoms with Crippen molar-refractivity contribution in [3.63, 3.8) is 0 Å². The Morgan fingerprint density at radius 1 is 1.40 bits per heavy atom. The van der Waals surface area contributed by atoms with E-state index in [1.807, 2.05) is 6.92 Å². The van der Waals surface area contributed by atoms with Gasteiger partial charge < -0.3 is 0 Å². The number of amides is 1. The van der Waals surface area contributed by atoms with E-state index in [9.17, 15) is 4.79 Å². The van der Waals surface area contributed by atoms with Gasteiger partial charge >= 0.3 is 0 Å². The Bertz CT molecular complexity index is 327. The summed E-state index contributed by atoms with van der Waals surface area (Å²) >= 11 is 0. The third kappa shape index (κ3) is 1.58. The van der Waals surface area contributed by atoms with E-state index in [0.29, 0.717) is 11.3 Å². The topological polar surface area (TPSA) is 41.5 Å². The zero-order chi connectivity index (χ0) is 10.5. The second-order valence-corrected chi connectivity index (χ2v) is 5.48. The number of rotatable bonds is 3. The molecule has 3 saturated carbocycles. The molecule has 1 unspecified atom stereocenters. The first-order valence-corrected chi connectivity index (χ1v) is 6.05. The average molecular weight is 206 g/mol. The zero-order valence-corrected chi connectivity index (χ0v) is 9.25. The summed E-state index contributed by atoms with van der Waals surface area (Å²) in [6.45, 7) is 2.02. The molecule has 82 valence electrons. The highest BCUT2D eigenvalue weighted by molar-refractivity contribution is 5.89. The van der Waals surface area contributed by atoms with Gasteiger partial charge in [0.1, 0.15) is 0 Å². The Kier molecular flexibility index (Phi) is 1.91. The molecular formula is C12H18N2O. The summed E-state index contributed by atoms with van der Waals surface area (Å²) in [5, 5.41) is 4.19. The van der Waals surface area contributed by atoms with E-state index in [4.69, 9.17) is 0 Å². The number of nitrogens with zero attached hydrogens (tertiary/aromatic N) is 1. The van der Waals surface area contributed by atoms with E-state index in [1.165, 1.54) is 32.1 Å². The maximum Gasteiger partial charge on any atom is 0.243 e. The predicted octanol–water partition coefficient (Wildman–Crippen LogP) is 2.08. The lowest BCUT2D eigenvalue weighted by atomic mass is 9.80. The molecule has 3 nitrogen and oxygen atoms in total. The molecule has 0 heterocycles. The monoisotopic (exact) mass is 206 g/mol. The lowest BCUT2D eigenvalue weighted by Crippen LogP contribution is -2.26. The molecule has 0 bridgehead atoms. The Balaban J connectivity index is 1.51. The molecule has 15 heavy (non-hydrogen) atoms. The number of hydrazone groups is 1. The van der Waals surface area contributed by atoms with Crippen LogP contribution in [0.25, 0.3) is 0 Å². The molecule has 1 atom stereocenters. The van der Waals surface area contributed by atoms with E-state index in [-0.39, 0.29) is 11.8 Å². The molecule has 1 spiro atoms. The van der Waals surface area contributed by atoms with Crippen LogP contribution in [0.2, 0.25) is 0 Å². The van der Waals surface area contributed by atoms with Crippen LogP contribution in [0, 0.1) is 17.3 Å². The fourth-order valence-electron chi connectivity index (χ4n) is 2.72. The Morgan fingerprint density at radius 3 is 2.60 bits per heavy atom. The van der Waals surface area contributed by atoms with Crippen molar-refractivity contribution in [1.29, 1.82) is 0 Å². The maximum absolute atomic E-state index is 11.7. The highest BCUT2D eigenvalue weighted by Crippen LogP contribution is 2.65. The van der Waals surface area contributed by atoms with Gasteiger partial charge in [-0.3, -0.25) is 4.79 Å². The third-order valence-electron chi connectivity index (χ3n) is 4.37. The largest absolute Gasteiger partial charge is 0.273 e. The van der Waals surface area contributed by atoms with Crippen LogP contribution in [-0.4, -0.2) is 11.6 Å². The SMILES string of the molecule is C/C(=N/NC(=O)C1CC12CCC2)C1CC1. The highest BCUT2D eigenvalue weighted by atomic mass is 16.2. The fourth-order valence-corrected chi connectivity index (χ4v) is 2.72. The van der Waals surface area contributed by atoms with Crippen molar-refractivity contribution in [3.05, 3.63) is 0 Å². The average Bonchev–Trinajstić information content (AvgIpc) is 3.02. The summed E-state index contributed by atoms with van der Waals surface area (Å²) in [5.41, 5.74) is 4.27. The molecule has 0 aromatic heterocycles. The molecule has 1 N–H and O–H groups in total. The van der Waals surface area contributed by atoms with Gasteiger partial charge in [-0.1, -0.05) is 6.42 Å². The quantitative estimate of drug-likeness (QED) is 0.557. The van der Waals surface area contributed by atoms with Crippen LogP contribution in [0.3, 0.4) is 0 Å². The number of carbonyl (C=O) groups is 1. The van der Waals surface area contributed by atoms with E-state index in [2.05, 4.69) is 10.5 Å². The molecule has 0 aromatic carbocycles. The molecule has 3 aliphatic rings. The minimum atomic E-state index is 0.162. The standard InChI is InChI=1S/C12H18N2O/c1-8(9-3-4-9)13-14-11(15)10-7-12(10)5-2-6-12/h9-10H,2-7H2,1H3,(H,14,15)/b13-8-. The summed E-state index contributed by atoms with van der Waals surface area (Å²) in [4.78, 5) is 11.7. The molecule has 1 amide bonds. The van der Waals surface area contributed by atoms with Crippen LogP contribution in [0.5, 0.6) is 0 Å². The van der Waals surface area contributed by atoms with E-state index >= 15 is 0 Å². The summed E-state index contributed by atoms with van der Waals surface area (Å²) in [5.74, 6) is 1.10. The van der Waals surface area contributed by atoms with Gasteiger partial charge in [0.25, 0.3) is 0 Å². The lowest BCUT2D eigenvalue weighted by molar-refractivity contribution is -0.123. The Hall–Kier alpha value is -0.860. The molecule has 3 heteroatoms. The number of hydrogen-bond acceptors (Lipinski definition) is 2. The molecule has 0 aliphatic heterocycles. The summed E-state index contributed by atoms with van der Waals surface area (Å²) in [6.07, 6.45) is 7.44. The number of nitrogens with one attached hydrogen (secondary N) is 1. The van der Waals surface area contributed by atoms with Crippen LogP contribution < -0.4 is 5.43 Å². The van der Waals surface area contributed by atoms with E-state index in [1.54, 1.807) is 0 Å². The first kappa shape index (κ1) is 9.37. The minimum Gasteiger partial charge on any atom is -0.273 e. The van der Waals surface area contributed by atoms with Crippen LogP contribution in [0.15, 0.2) is 5.10 Å². The van der Waals surface area contributed by atoms with Gasteiger partial charge in [0.2, 0.25) is 5.91 Å². The van der Waals surface area contributed by atoms with Crippen molar-refractivity contribution in [2.45, 2.75) is 45.4 Å². The first-order chi connectivity index (χ1) is 7.21. The van der Waals surface area contributed by atoms with Gasteiger partial charge in [0, 0.05) is 11.6 Å². The molecule has 3 aliphatic carbocycles. The molecule has 0 radical (unpaired) electrons. The van der Waals surface area contributed by atoms with Crippen molar-refractivity contribution in [3.8, 4) is 0 Å². The molecular weight excluding hydrogens is 188 g/mol. The molecule has 3 fully saturated rings. The highest BCUT2D eigenvalue weighted by Gasteiger charge is 2.60. The van der Waals surface area contributed by atoms with Crippen molar-refractivity contribution in [2.75, 3.05) is 0 Å². The van der Waals surface area contributed by atoms with Gasteiger partial charge in [-0.05, 0) is 50.4 Å². The first-order valence-electron chi connectivity index (χ1n) is 6.05. The Morgan fingerprint density at radius 2 is 2.13 bits per heavy atom. The summed E-state index contributed by atoms with van der Waals surface area (Å²) in [6, 6.07) is 0. The fraction of sp³-hybridized carbons (Fsp3) is 0.833. The van der Waals surface area contributed by atoms with Gasteiger partial charge in [-0.15, -0.1) is 0 Å². The van der Waals surface area contributed by atoms with Gasteiger partial charge in [0.05, 0.1) is 0 Å². The predicted molar refractivity (Wildman–Crippen MR) is 58.4 cm³/mol. The van der Waals surface area contributed by atoms with Gasteiger partial charge in [-0.25, -0.2) is 5.43 Å². The van der Waals surface area contributed by atoms with Gasteiger partial charge in [0.15, 0.2) is 0 Å². The minimum absolute atomic E-state index is 0.162. The van der Waals surface area contributed by atoms with Crippen LogP contribution in [0.4, 0.5) is 0 Å². The zero-order valence-electron chi connectivity index (χ0n) is 9.25. The second-order valence-electron chi connectivity index (χ2n) is 5.48. The molecule has 0 saturated heterocycles. The van der Waals surface area contributed by atoms with Crippen molar-refractivity contribution < 1.29 is 4.79 Å². The maximum atomic E-state index is 11.7. The van der Waals surface area contributed by atoms with Crippen molar-refractivity contribution in [2.24, 2.45) is 22.4 Å². The normalized spacial score (nSPS) is 32.3. The molecule has 0 aromatic rings. The second kappa shape index (κ2) is 3.06. The van der Waals surface area contributed by atoms with Crippen LogP contribution in [-0.2, 0) is 4.79 Å². The van der Waals surface area contributed by atoms with E-state index < -0.39 is 0 Å². The van der Waals surface area contributed by atoms with Gasteiger partial charge in [-0.2, -0.15) is 5.10 Å². The third-order valence-corrected chi connectivity index (χ3v) is 4.37. The lowest BCUT2D eigenvalue weighted by Gasteiger charge is -2.25. The molecule has 3 rings (SSSR count). The van der Waals surface area contributed by atoms with E-state index in [0.717, 1.165) is 12.1 Å². The summed E-state index contributed by atoms with van der Waals surface area (Å²) in [7, 11) is 0. The van der Waals surface area contributed by atoms with Crippen molar-refractivity contribution in [1.82, 2.24) is 5.43 Å². The van der Waals surface area contributed by atoms with Crippen molar-refractivity contribution >= 4 is 11.6 Å².